The van der Waals surface area contributed by atoms with E-state index < -0.39 is 5.54 Å². The Morgan fingerprint density at radius 3 is 2.55 bits per heavy atom. The van der Waals surface area contributed by atoms with Gasteiger partial charge in [-0.3, -0.25) is 0 Å². The third kappa shape index (κ3) is 5.30. The van der Waals surface area contributed by atoms with E-state index in [0.717, 1.165) is 29.5 Å². The van der Waals surface area contributed by atoms with Gasteiger partial charge in [-0.25, -0.2) is 4.99 Å². The van der Waals surface area contributed by atoms with Gasteiger partial charge in [0, 0.05) is 18.2 Å². The highest BCUT2D eigenvalue weighted by Gasteiger charge is 2.43. The minimum absolute atomic E-state index is 0.189. The number of hydrogen-bond acceptors (Lipinski definition) is 3. The fourth-order valence-corrected chi connectivity index (χ4v) is 3.79. The molecule has 29 heavy (non-hydrogen) atoms. The lowest BCUT2D eigenvalue weighted by atomic mass is 9.86. The summed E-state index contributed by atoms with van der Waals surface area (Å²) in [6, 6.07) is 16.3. The lowest BCUT2D eigenvalue weighted by Gasteiger charge is -2.30. The van der Waals surface area contributed by atoms with E-state index in [9.17, 15) is 5.11 Å². The molecule has 0 saturated heterocycles. The van der Waals surface area contributed by atoms with E-state index in [2.05, 4.69) is 37.3 Å². The van der Waals surface area contributed by atoms with Crippen molar-refractivity contribution in [2.45, 2.75) is 32.2 Å². The average molecular weight is 416 g/mol. The summed E-state index contributed by atoms with van der Waals surface area (Å²) >= 11 is 6.18. The molecule has 0 aromatic heterocycles. The standard InChI is InChI=1S/C23H30ClN3O2/c1-3-29-13-12-27(16-28)22(25)26-23(2,19-10-11-19)20-8-4-6-17(14-20)18-7-5-9-21(24)15-18/h4-9,14-15,19,28H,3,10-13,16H2,1-2H3,(H2,25,26). The van der Waals surface area contributed by atoms with Crippen LogP contribution in [0.5, 0.6) is 0 Å². The molecule has 2 aromatic carbocycles. The Labute approximate surface area is 178 Å². The largest absolute Gasteiger partial charge is 0.380 e. The first kappa shape index (κ1) is 21.6. The van der Waals surface area contributed by atoms with Crippen LogP contribution < -0.4 is 5.73 Å². The van der Waals surface area contributed by atoms with E-state index in [1.54, 1.807) is 4.90 Å². The average Bonchev–Trinajstić information content (AvgIpc) is 3.57. The Hall–Kier alpha value is -2.08. The molecule has 0 radical (unpaired) electrons. The molecule has 1 fully saturated rings. The summed E-state index contributed by atoms with van der Waals surface area (Å²) in [6.07, 6.45) is 2.24. The van der Waals surface area contributed by atoms with E-state index in [4.69, 9.17) is 27.1 Å². The Morgan fingerprint density at radius 2 is 1.93 bits per heavy atom. The zero-order valence-corrected chi connectivity index (χ0v) is 17.9. The molecule has 2 aromatic rings. The zero-order chi connectivity index (χ0) is 20.9. The van der Waals surface area contributed by atoms with Crippen molar-refractivity contribution in [1.82, 2.24) is 4.90 Å². The lowest BCUT2D eigenvalue weighted by Crippen LogP contribution is -2.42. The van der Waals surface area contributed by atoms with Crippen molar-refractivity contribution in [3.63, 3.8) is 0 Å². The minimum atomic E-state index is -0.447. The first-order valence-electron chi connectivity index (χ1n) is 10.1. The van der Waals surface area contributed by atoms with Crippen LogP contribution in [0.15, 0.2) is 53.5 Å². The van der Waals surface area contributed by atoms with E-state index in [1.807, 2.05) is 25.1 Å². The molecule has 3 rings (SSSR count). The highest BCUT2D eigenvalue weighted by molar-refractivity contribution is 6.30. The monoisotopic (exact) mass is 415 g/mol. The van der Waals surface area contributed by atoms with Gasteiger partial charge in [0.05, 0.1) is 12.1 Å². The number of nitrogens with two attached hydrogens (primary N) is 1. The van der Waals surface area contributed by atoms with Crippen LogP contribution in [0.2, 0.25) is 5.02 Å². The summed E-state index contributed by atoms with van der Waals surface area (Å²) in [4.78, 5) is 6.57. The summed E-state index contributed by atoms with van der Waals surface area (Å²) in [7, 11) is 0. The molecule has 1 atom stereocenters. The van der Waals surface area contributed by atoms with Crippen molar-refractivity contribution in [2.24, 2.45) is 16.6 Å². The van der Waals surface area contributed by atoms with Crippen molar-refractivity contribution >= 4 is 17.6 Å². The second kappa shape index (κ2) is 9.61. The van der Waals surface area contributed by atoms with Crippen LogP contribution in [0, 0.1) is 5.92 Å². The number of benzene rings is 2. The first-order valence-corrected chi connectivity index (χ1v) is 10.5. The second-order valence-corrected chi connectivity index (χ2v) is 8.02. The molecule has 1 saturated carbocycles. The van der Waals surface area contributed by atoms with Crippen LogP contribution in [0.3, 0.4) is 0 Å². The number of aliphatic hydroxyl groups is 1. The molecule has 3 N–H and O–H groups in total. The predicted octanol–water partition coefficient (Wildman–Crippen LogP) is 4.24. The molecule has 156 valence electrons. The Bertz CT molecular complexity index is 854. The molecule has 1 unspecified atom stereocenters. The number of halogens is 1. The topological polar surface area (TPSA) is 71.1 Å². The van der Waals surface area contributed by atoms with Crippen LogP contribution in [0.4, 0.5) is 0 Å². The third-order valence-electron chi connectivity index (χ3n) is 5.53. The summed E-state index contributed by atoms with van der Waals surface area (Å²) in [5, 5.41) is 10.4. The van der Waals surface area contributed by atoms with Gasteiger partial charge in [0.2, 0.25) is 0 Å². The van der Waals surface area contributed by atoms with Gasteiger partial charge < -0.3 is 20.5 Å². The molecule has 1 aliphatic rings. The summed E-state index contributed by atoms with van der Waals surface area (Å²) in [6.45, 7) is 5.52. The Balaban J connectivity index is 1.91. The number of ether oxygens (including phenoxy) is 1. The maximum Gasteiger partial charge on any atom is 0.194 e. The van der Waals surface area contributed by atoms with Crippen LogP contribution in [0.1, 0.15) is 32.3 Å². The van der Waals surface area contributed by atoms with E-state index in [-0.39, 0.29) is 6.73 Å². The summed E-state index contributed by atoms with van der Waals surface area (Å²) in [5.41, 5.74) is 9.15. The molecular weight excluding hydrogens is 386 g/mol. The SMILES string of the molecule is CCOCCN(CO)C(N)=NC(C)(c1cccc(-c2cccc(Cl)c2)c1)C1CC1. The molecule has 0 bridgehead atoms. The quantitative estimate of drug-likeness (QED) is 0.278. The number of guanidine groups is 1. The smallest absolute Gasteiger partial charge is 0.194 e. The maximum atomic E-state index is 9.73. The van der Waals surface area contributed by atoms with E-state index in [0.29, 0.717) is 36.7 Å². The van der Waals surface area contributed by atoms with Crippen molar-refractivity contribution in [1.29, 1.82) is 0 Å². The summed E-state index contributed by atoms with van der Waals surface area (Å²) < 4.78 is 5.39. The van der Waals surface area contributed by atoms with Crippen LogP contribution >= 0.6 is 11.6 Å². The van der Waals surface area contributed by atoms with Gasteiger partial charge in [0.15, 0.2) is 5.96 Å². The predicted molar refractivity (Wildman–Crippen MR) is 119 cm³/mol. The van der Waals surface area contributed by atoms with Gasteiger partial charge in [-0.05, 0) is 67.5 Å². The molecule has 0 heterocycles. The van der Waals surface area contributed by atoms with Gasteiger partial charge in [0.1, 0.15) is 6.73 Å². The zero-order valence-electron chi connectivity index (χ0n) is 17.1. The van der Waals surface area contributed by atoms with Crippen LogP contribution in [0.25, 0.3) is 11.1 Å². The molecular formula is C23H30ClN3O2. The molecule has 0 aliphatic heterocycles. The molecule has 5 nitrogen and oxygen atoms in total. The highest BCUT2D eigenvalue weighted by Crippen LogP contribution is 2.48. The van der Waals surface area contributed by atoms with E-state index in [1.165, 1.54) is 0 Å². The number of hydrogen-bond donors (Lipinski definition) is 2. The number of rotatable bonds is 9. The van der Waals surface area contributed by atoms with Crippen molar-refractivity contribution in [3.8, 4) is 11.1 Å². The van der Waals surface area contributed by atoms with Crippen molar-refractivity contribution in [2.75, 3.05) is 26.5 Å². The number of aliphatic hydroxyl groups excluding tert-OH is 1. The van der Waals surface area contributed by atoms with Gasteiger partial charge in [-0.2, -0.15) is 0 Å². The van der Waals surface area contributed by atoms with Crippen LogP contribution in [-0.2, 0) is 10.3 Å². The maximum absolute atomic E-state index is 9.73. The normalized spacial score (nSPS) is 16.5. The number of aliphatic imine (C=N–C) groups is 1. The van der Waals surface area contributed by atoms with E-state index >= 15 is 0 Å². The molecule has 1 aliphatic carbocycles. The van der Waals surface area contributed by atoms with Gasteiger partial charge in [0.25, 0.3) is 0 Å². The van der Waals surface area contributed by atoms with Gasteiger partial charge in [-0.15, -0.1) is 0 Å². The Kier molecular flexibility index (Phi) is 7.17. The first-order chi connectivity index (χ1) is 14.0. The minimum Gasteiger partial charge on any atom is -0.380 e. The Morgan fingerprint density at radius 1 is 1.24 bits per heavy atom. The third-order valence-corrected chi connectivity index (χ3v) is 5.76. The van der Waals surface area contributed by atoms with Crippen molar-refractivity contribution < 1.29 is 9.84 Å². The van der Waals surface area contributed by atoms with Crippen molar-refractivity contribution in [3.05, 3.63) is 59.1 Å². The lowest BCUT2D eigenvalue weighted by molar-refractivity contribution is 0.0995. The van der Waals surface area contributed by atoms with Crippen LogP contribution in [-0.4, -0.2) is 42.5 Å². The number of nitrogens with zero attached hydrogens (tertiary/aromatic N) is 2. The molecule has 0 spiro atoms. The summed E-state index contributed by atoms with van der Waals surface area (Å²) in [5.74, 6) is 0.776. The van der Waals surface area contributed by atoms with Gasteiger partial charge >= 0.3 is 0 Å². The fraction of sp³-hybridized carbons (Fsp3) is 0.435. The molecule has 6 heteroatoms. The van der Waals surface area contributed by atoms with Gasteiger partial charge in [-0.1, -0.05) is 41.9 Å². The fourth-order valence-electron chi connectivity index (χ4n) is 3.60. The second-order valence-electron chi connectivity index (χ2n) is 7.58. The molecule has 0 amide bonds. The highest BCUT2D eigenvalue weighted by atomic mass is 35.5.